The van der Waals surface area contributed by atoms with Gasteiger partial charge in [-0.2, -0.15) is 0 Å². The normalized spacial score (nSPS) is 12.2. The van der Waals surface area contributed by atoms with Gasteiger partial charge in [-0.15, -0.1) is 11.6 Å². The topological polar surface area (TPSA) is 49.3 Å². The van der Waals surface area contributed by atoms with E-state index >= 15 is 0 Å². The second-order valence-electron chi connectivity index (χ2n) is 4.46. The molecular formula is C14H20ClNO2. The van der Waals surface area contributed by atoms with Crippen LogP contribution >= 0.6 is 11.6 Å². The zero-order valence-corrected chi connectivity index (χ0v) is 11.6. The summed E-state index contributed by atoms with van der Waals surface area (Å²) in [6, 6.07) is 4.94. The van der Waals surface area contributed by atoms with Gasteiger partial charge < -0.3 is 10.4 Å². The van der Waals surface area contributed by atoms with E-state index in [0.29, 0.717) is 23.9 Å². The highest BCUT2D eigenvalue weighted by Gasteiger charge is 2.10. The van der Waals surface area contributed by atoms with E-state index in [9.17, 15) is 9.90 Å². The van der Waals surface area contributed by atoms with Gasteiger partial charge in [-0.05, 0) is 37.0 Å². The number of aryl methyl sites for hydroxylation is 1. The smallest absolute Gasteiger partial charge is 0.251 e. The Morgan fingerprint density at radius 3 is 2.78 bits per heavy atom. The number of benzene rings is 1. The molecule has 0 fully saturated rings. The fourth-order valence-corrected chi connectivity index (χ4v) is 2.00. The third-order valence-corrected chi connectivity index (χ3v) is 3.34. The third-order valence-electron chi connectivity index (χ3n) is 3.12. The van der Waals surface area contributed by atoms with Gasteiger partial charge in [0, 0.05) is 18.0 Å². The van der Waals surface area contributed by atoms with Gasteiger partial charge in [-0.1, -0.05) is 19.4 Å². The molecule has 1 amide bonds. The Morgan fingerprint density at radius 2 is 2.22 bits per heavy atom. The Balaban J connectivity index is 2.57. The van der Waals surface area contributed by atoms with E-state index in [1.165, 1.54) is 6.07 Å². The summed E-state index contributed by atoms with van der Waals surface area (Å²) in [6.07, 6.45) is 1.89. The van der Waals surface area contributed by atoms with Gasteiger partial charge in [0.15, 0.2) is 0 Å². The number of carbonyl (C=O) groups is 1. The Labute approximate surface area is 113 Å². The highest BCUT2D eigenvalue weighted by molar-refractivity contribution is 6.17. The molecule has 1 atom stereocenters. The first-order chi connectivity index (χ1) is 8.58. The summed E-state index contributed by atoms with van der Waals surface area (Å²) in [5.74, 6) is 1.01. The summed E-state index contributed by atoms with van der Waals surface area (Å²) < 4.78 is 0. The summed E-state index contributed by atoms with van der Waals surface area (Å²) in [4.78, 5) is 11.9. The van der Waals surface area contributed by atoms with Crippen molar-refractivity contribution in [2.24, 2.45) is 5.92 Å². The summed E-state index contributed by atoms with van der Waals surface area (Å²) in [7, 11) is 0. The maximum Gasteiger partial charge on any atom is 0.251 e. The molecule has 0 spiro atoms. The molecule has 0 bridgehead atoms. The lowest BCUT2D eigenvalue weighted by Crippen LogP contribution is -2.29. The average Bonchev–Trinajstić information content (AvgIpc) is 2.37. The Kier molecular flexibility index (Phi) is 5.99. The Hall–Kier alpha value is -1.22. The van der Waals surface area contributed by atoms with Crippen LogP contribution in [0.4, 0.5) is 0 Å². The molecule has 0 radical (unpaired) electrons. The van der Waals surface area contributed by atoms with Gasteiger partial charge in [-0.3, -0.25) is 4.79 Å². The SMILES string of the molecule is CCC(CCCl)CNC(=O)c1ccc(C)c(O)c1. The number of halogens is 1. The number of rotatable bonds is 6. The molecule has 0 heterocycles. The van der Waals surface area contributed by atoms with Crippen molar-refractivity contribution in [2.45, 2.75) is 26.7 Å². The lowest BCUT2D eigenvalue weighted by Gasteiger charge is -2.14. The van der Waals surface area contributed by atoms with E-state index in [-0.39, 0.29) is 11.7 Å². The number of phenolic OH excluding ortho intramolecular Hbond substituents is 1. The van der Waals surface area contributed by atoms with E-state index in [4.69, 9.17) is 11.6 Å². The van der Waals surface area contributed by atoms with Gasteiger partial charge in [0.2, 0.25) is 0 Å². The van der Waals surface area contributed by atoms with Gasteiger partial charge in [0.1, 0.15) is 5.75 Å². The fourth-order valence-electron chi connectivity index (χ4n) is 1.69. The molecule has 4 heteroatoms. The number of alkyl halides is 1. The predicted octanol–water partition coefficient (Wildman–Crippen LogP) is 3.09. The molecule has 3 nitrogen and oxygen atoms in total. The van der Waals surface area contributed by atoms with Crippen LogP contribution in [0, 0.1) is 12.8 Å². The van der Waals surface area contributed by atoms with Crippen LogP contribution < -0.4 is 5.32 Å². The fraction of sp³-hybridized carbons (Fsp3) is 0.500. The molecule has 18 heavy (non-hydrogen) atoms. The van der Waals surface area contributed by atoms with Crippen molar-refractivity contribution in [3.05, 3.63) is 29.3 Å². The van der Waals surface area contributed by atoms with E-state index in [2.05, 4.69) is 12.2 Å². The monoisotopic (exact) mass is 269 g/mol. The molecule has 0 aliphatic carbocycles. The summed E-state index contributed by atoms with van der Waals surface area (Å²) >= 11 is 5.70. The van der Waals surface area contributed by atoms with Gasteiger partial charge in [0.25, 0.3) is 5.91 Å². The van der Waals surface area contributed by atoms with Crippen LogP contribution in [0.5, 0.6) is 5.75 Å². The van der Waals surface area contributed by atoms with Crippen molar-refractivity contribution in [3.8, 4) is 5.75 Å². The van der Waals surface area contributed by atoms with Crippen LogP contribution in [0.15, 0.2) is 18.2 Å². The van der Waals surface area contributed by atoms with Crippen LogP contribution in [-0.2, 0) is 0 Å². The second kappa shape index (κ2) is 7.27. The minimum absolute atomic E-state index is 0.149. The van der Waals surface area contributed by atoms with Crippen molar-refractivity contribution in [1.29, 1.82) is 0 Å². The van der Waals surface area contributed by atoms with E-state index in [1.54, 1.807) is 19.1 Å². The van der Waals surface area contributed by atoms with E-state index in [1.807, 2.05) is 0 Å². The maximum atomic E-state index is 11.9. The van der Waals surface area contributed by atoms with Crippen molar-refractivity contribution >= 4 is 17.5 Å². The molecule has 2 N–H and O–H groups in total. The number of amides is 1. The molecule has 0 saturated heterocycles. The number of carbonyl (C=O) groups excluding carboxylic acids is 1. The lowest BCUT2D eigenvalue weighted by atomic mass is 10.0. The predicted molar refractivity (Wildman–Crippen MR) is 74.3 cm³/mol. The molecule has 0 aliphatic heterocycles. The quantitative estimate of drug-likeness (QED) is 0.780. The van der Waals surface area contributed by atoms with Gasteiger partial charge in [0.05, 0.1) is 0 Å². The second-order valence-corrected chi connectivity index (χ2v) is 4.84. The van der Waals surface area contributed by atoms with Crippen molar-refractivity contribution < 1.29 is 9.90 Å². The van der Waals surface area contributed by atoms with E-state index in [0.717, 1.165) is 18.4 Å². The van der Waals surface area contributed by atoms with E-state index < -0.39 is 0 Å². The molecule has 1 aromatic rings. The number of hydrogen-bond donors (Lipinski definition) is 2. The summed E-state index contributed by atoms with van der Waals surface area (Å²) in [6.45, 7) is 4.50. The van der Waals surface area contributed by atoms with Gasteiger partial charge >= 0.3 is 0 Å². The molecule has 0 aromatic heterocycles. The first-order valence-electron chi connectivity index (χ1n) is 6.22. The highest BCUT2D eigenvalue weighted by Crippen LogP contribution is 2.17. The number of aromatic hydroxyl groups is 1. The third kappa shape index (κ3) is 4.22. The summed E-state index contributed by atoms with van der Waals surface area (Å²) in [5.41, 5.74) is 1.25. The summed E-state index contributed by atoms with van der Waals surface area (Å²) in [5, 5.41) is 12.4. The van der Waals surface area contributed by atoms with Crippen LogP contribution in [0.3, 0.4) is 0 Å². The largest absolute Gasteiger partial charge is 0.508 e. The van der Waals surface area contributed by atoms with Gasteiger partial charge in [-0.25, -0.2) is 0 Å². The van der Waals surface area contributed by atoms with Crippen molar-refractivity contribution in [3.63, 3.8) is 0 Å². The molecule has 1 aromatic carbocycles. The zero-order chi connectivity index (χ0) is 13.5. The molecular weight excluding hydrogens is 250 g/mol. The number of phenols is 1. The molecule has 100 valence electrons. The highest BCUT2D eigenvalue weighted by atomic mass is 35.5. The average molecular weight is 270 g/mol. The Morgan fingerprint density at radius 1 is 1.50 bits per heavy atom. The van der Waals surface area contributed by atoms with Crippen LogP contribution in [0.2, 0.25) is 0 Å². The van der Waals surface area contributed by atoms with Crippen LogP contribution in [-0.4, -0.2) is 23.4 Å². The maximum absolute atomic E-state index is 11.9. The van der Waals surface area contributed by atoms with Crippen molar-refractivity contribution in [1.82, 2.24) is 5.32 Å². The van der Waals surface area contributed by atoms with Crippen LogP contribution in [0.1, 0.15) is 35.7 Å². The zero-order valence-electron chi connectivity index (χ0n) is 10.9. The Bertz CT molecular complexity index is 407. The first-order valence-corrected chi connectivity index (χ1v) is 6.75. The lowest BCUT2D eigenvalue weighted by molar-refractivity contribution is 0.0946. The molecule has 0 saturated carbocycles. The molecule has 1 unspecified atom stereocenters. The minimum Gasteiger partial charge on any atom is -0.508 e. The molecule has 1 rings (SSSR count). The van der Waals surface area contributed by atoms with Crippen molar-refractivity contribution in [2.75, 3.05) is 12.4 Å². The first kappa shape index (κ1) is 14.8. The number of nitrogens with one attached hydrogen (secondary N) is 1. The van der Waals surface area contributed by atoms with Crippen LogP contribution in [0.25, 0.3) is 0 Å². The minimum atomic E-state index is -0.154. The molecule has 0 aliphatic rings. The standard InChI is InChI=1S/C14H20ClNO2/c1-3-11(6-7-15)9-16-14(18)12-5-4-10(2)13(17)8-12/h4-5,8,11,17H,3,6-7,9H2,1-2H3,(H,16,18). The number of hydrogen-bond acceptors (Lipinski definition) is 2.